The summed E-state index contributed by atoms with van der Waals surface area (Å²) in [6.07, 6.45) is -3.01. The van der Waals surface area contributed by atoms with Crippen LogP contribution in [0.3, 0.4) is 0 Å². The second-order valence-corrected chi connectivity index (χ2v) is 4.48. The number of halogens is 3. The number of alkyl halides is 3. The van der Waals surface area contributed by atoms with Crippen molar-refractivity contribution in [3.05, 3.63) is 23.5 Å². The van der Waals surface area contributed by atoms with Crippen LogP contribution in [0.15, 0.2) is 12.3 Å². The molecule has 1 aliphatic heterocycles. The van der Waals surface area contributed by atoms with Crippen molar-refractivity contribution < 1.29 is 13.2 Å². The minimum absolute atomic E-state index is 0.373. The molecular formula is C11H15F3N2. The van der Waals surface area contributed by atoms with Crippen molar-refractivity contribution in [3.63, 3.8) is 0 Å². The highest BCUT2D eigenvalue weighted by Crippen LogP contribution is 2.32. The van der Waals surface area contributed by atoms with Gasteiger partial charge in [-0.3, -0.25) is 4.90 Å². The summed E-state index contributed by atoms with van der Waals surface area (Å²) in [6, 6.07) is 1.63. The smallest absolute Gasteiger partial charge is 0.348 e. The molecule has 1 aromatic rings. The van der Waals surface area contributed by atoms with E-state index in [1.54, 1.807) is 4.57 Å². The average molecular weight is 232 g/mol. The minimum atomic E-state index is -4.23. The SMILES string of the molecule is CC(C)N1CCn2cc(C(F)(F)F)cc2C1. The lowest BCUT2D eigenvalue weighted by Crippen LogP contribution is -2.37. The van der Waals surface area contributed by atoms with Crippen molar-refractivity contribution in [1.29, 1.82) is 0 Å². The van der Waals surface area contributed by atoms with E-state index < -0.39 is 11.7 Å². The molecule has 0 aliphatic carbocycles. The second kappa shape index (κ2) is 3.80. The van der Waals surface area contributed by atoms with Crippen LogP contribution in [0.2, 0.25) is 0 Å². The monoisotopic (exact) mass is 232 g/mol. The largest absolute Gasteiger partial charge is 0.417 e. The van der Waals surface area contributed by atoms with Gasteiger partial charge >= 0.3 is 6.18 Å². The molecule has 0 N–H and O–H groups in total. The zero-order chi connectivity index (χ0) is 11.9. The molecule has 0 bridgehead atoms. The van der Waals surface area contributed by atoms with Crippen molar-refractivity contribution >= 4 is 0 Å². The first-order chi connectivity index (χ1) is 7.38. The molecule has 0 amide bonds. The van der Waals surface area contributed by atoms with E-state index >= 15 is 0 Å². The first-order valence-corrected chi connectivity index (χ1v) is 5.38. The van der Waals surface area contributed by atoms with Gasteiger partial charge in [0, 0.05) is 37.6 Å². The van der Waals surface area contributed by atoms with Gasteiger partial charge in [0.05, 0.1) is 5.56 Å². The van der Waals surface area contributed by atoms with Crippen molar-refractivity contribution in [2.75, 3.05) is 6.54 Å². The lowest BCUT2D eigenvalue weighted by atomic mass is 10.2. The van der Waals surface area contributed by atoms with Crippen LogP contribution in [0.4, 0.5) is 13.2 Å². The quantitative estimate of drug-likeness (QED) is 0.722. The van der Waals surface area contributed by atoms with E-state index in [0.29, 0.717) is 19.1 Å². The Morgan fingerprint density at radius 3 is 2.50 bits per heavy atom. The number of nitrogens with zero attached hydrogens (tertiary/aromatic N) is 2. The Morgan fingerprint density at radius 2 is 1.94 bits per heavy atom. The van der Waals surface area contributed by atoms with Gasteiger partial charge in [-0.25, -0.2) is 0 Å². The molecule has 5 heteroatoms. The summed E-state index contributed by atoms with van der Waals surface area (Å²) < 4.78 is 39.2. The molecular weight excluding hydrogens is 217 g/mol. The van der Waals surface area contributed by atoms with Crippen LogP contribution in [-0.2, 0) is 19.3 Å². The predicted octanol–water partition coefficient (Wildman–Crippen LogP) is 2.73. The van der Waals surface area contributed by atoms with Crippen molar-refractivity contribution in [3.8, 4) is 0 Å². The Bertz CT molecular complexity index is 379. The molecule has 0 saturated heterocycles. The molecule has 90 valence electrons. The molecule has 2 nitrogen and oxygen atoms in total. The number of fused-ring (bicyclic) bond motifs is 1. The minimum Gasteiger partial charge on any atom is -0.348 e. The lowest BCUT2D eigenvalue weighted by Gasteiger charge is -2.31. The second-order valence-electron chi connectivity index (χ2n) is 4.48. The van der Waals surface area contributed by atoms with Gasteiger partial charge in [-0.15, -0.1) is 0 Å². The highest BCUT2D eigenvalue weighted by Gasteiger charge is 2.33. The standard InChI is InChI=1S/C11H15F3N2/c1-8(2)15-3-4-16-6-9(11(12,13)14)5-10(16)7-15/h5-6,8H,3-4,7H2,1-2H3. The summed E-state index contributed by atoms with van der Waals surface area (Å²) in [5.74, 6) is 0. The van der Waals surface area contributed by atoms with Gasteiger partial charge in [-0.1, -0.05) is 0 Å². The lowest BCUT2D eigenvalue weighted by molar-refractivity contribution is -0.137. The number of aromatic nitrogens is 1. The average Bonchev–Trinajstić information content (AvgIpc) is 2.58. The molecule has 1 aliphatic rings. The van der Waals surface area contributed by atoms with Crippen LogP contribution >= 0.6 is 0 Å². The third-order valence-corrected chi connectivity index (χ3v) is 3.04. The van der Waals surface area contributed by atoms with Crippen molar-refractivity contribution in [2.24, 2.45) is 0 Å². The van der Waals surface area contributed by atoms with Crippen LogP contribution in [0.5, 0.6) is 0 Å². The zero-order valence-electron chi connectivity index (χ0n) is 9.38. The van der Waals surface area contributed by atoms with Crippen LogP contribution in [0.1, 0.15) is 25.1 Å². The molecule has 0 spiro atoms. The normalized spacial score (nSPS) is 17.9. The van der Waals surface area contributed by atoms with Crippen LogP contribution in [0, 0.1) is 0 Å². The molecule has 16 heavy (non-hydrogen) atoms. The summed E-state index contributed by atoms with van der Waals surface area (Å²) in [4.78, 5) is 2.18. The predicted molar refractivity (Wildman–Crippen MR) is 55.0 cm³/mol. The number of rotatable bonds is 1. The Morgan fingerprint density at radius 1 is 1.25 bits per heavy atom. The van der Waals surface area contributed by atoms with E-state index in [2.05, 4.69) is 18.7 Å². The van der Waals surface area contributed by atoms with Gasteiger partial charge in [0.15, 0.2) is 0 Å². The highest BCUT2D eigenvalue weighted by molar-refractivity contribution is 5.22. The summed E-state index contributed by atoms with van der Waals surface area (Å²) in [5, 5.41) is 0. The van der Waals surface area contributed by atoms with E-state index in [9.17, 15) is 13.2 Å². The molecule has 0 radical (unpaired) electrons. The number of hydrogen-bond acceptors (Lipinski definition) is 1. The topological polar surface area (TPSA) is 8.17 Å². The van der Waals surface area contributed by atoms with E-state index in [1.807, 2.05) is 0 Å². The third-order valence-electron chi connectivity index (χ3n) is 3.04. The summed E-state index contributed by atoms with van der Waals surface area (Å²) in [5.41, 5.74) is 0.223. The fourth-order valence-electron chi connectivity index (χ4n) is 2.01. The van der Waals surface area contributed by atoms with E-state index in [0.717, 1.165) is 12.2 Å². The summed E-state index contributed by atoms with van der Waals surface area (Å²) in [6.45, 7) is 6.18. The van der Waals surface area contributed by atoms with Crippen molar-refractivity contribution in [1.82, 2.24) is 9.47 Å². The zero-order valence-corrected chi connectivity index (χ0v) is 9.38. The highest BCUT2D eigenvalue weighted by atomic mass is 19.4. The van der Waals surface area contributed by atoms with Crippen LogP contribution < -0.4 is 0 Å². The van der Waals surface area contributed by atoms with Gasteiger partial charge in [-0.05, 0) is 19.9 Å². The molecule has 2 heterocycles. The fourth-order valence-corrected chi connectivity index (χ4v) is 2.01. The Balaban J connectivity index is 2.23. The van der Waals surface area contributed by atoms with E-state index in [1.165, 1.54) is 12.3 Å². The van der Waals surface area contributed by atoms with Crippen molar-refractivity contribution in [2.45, 2.75) is 39.2 Å². The van der Waals surface area contributed by atoms with Gasteiger partial charge in [0.2, 0.25) is 0 Å². The molecule has 0 fully saturated rings. The van der Waals surface area contributed by atoms with E-state index in [-0.39, 0.29) is 0 Å². The maximum absolute atomic E-state index is 12.5. The molecule has 2 rings (SSSR count). The molecule has 1 aromatic heterocycles. The molecule has 0 atom stereocenters. The Hall–Kier alpha value is -0.970. The maximum atomic E-state index is 12.5. The number of hydrogen-bond donors (Lipinski definition) is 0. The maximum Gasteiger partial charge on any atom is 0.417 e. The van der Waals surface area contributed by atoms with E-state index in [4.69, 9.17) is 0 Å². The third kappa shape index (κ3) is 2.09. The summed E-state index contributed by atoms with van der Waals surface area (Å²) >= 11 is 0. The Labute approximate surface area is 92.7 Å². The molecule has 0 saturated carbocycles. The molecule has 0 aromatic carbocycles. The Kier molecular flexibility index (Phi) is 2.74. The first kappa shape index (κ1) is 11.5. The van der Waals surface area contributed by atoms with Crippen LogP contribution in [0.25, 0.3) is 0 Å². The van der Waals surface area contributed by atoms with Gasteiger partial charge in [0.25, 0.3) is 0 Å². The fraction of sp³-hybridized carbons (Fsp3) is 0.636. The van der Waals surface area contributed by atoms with Crippen LogP contribution in [-0.4, -0.2) is 22.1 Å². The molecule has 0 unspecified atom stereocenters. The van der Waals surface area contributed by atoms with Gasteiger partial charge in [-0.2, -0.15) is 13.2 Å². The van der Waals surface area contributed by atoms with Gasteiger partial charge < -0.3 is 4.57 Å². The summed E-state index contributed by atoms with van der Waals surface area (Å²) in [7, 11) is 0. The van der Waals surface area contributed by atoms with Gasteiger partial charge in [0.1, 0.15) is 0 Å². The first-order valence-electron chi connectivity index (χ1n) is 5.38.